The maximum absolute atomic E-state index is 12.3. The molecule has 1 aliphatic rings. The van der Waals surface area contributed by atoms with Gasteiger partial charge in [-0.15, -0.1) is 0 Å². The summed E-state index contributed by atoms with van der Waals surface area (Å²) in [6.45, 7) is 5.80. The van der Waals surface area contributed by atoms with Crippen LogP contribution < -0.4 is 5.32 Å². The van der Waals surface area contributed by atoms with Gasteiger partial charge in [0.2, 0.25) is 0 Å². The lowest BCUT2D eigenvalue weighted by Crippen LogP contribution is -2.34. The minimum absolute atomic E-state index is 0.139. The van der Waals surface area contributed by atoms with E-state index in [4.69, 9.17) is 26.1 Å². The van der Waals surface area contributed by atoms with Crippen molar-refractivity contribution in [2.24, 2.45) is 5.92 Å². The first-order chi connectivity index (χ1) is 11.0. The van der Waals surface area contributed by atoms with Gasteiger partial charge in [0, 0.05) is 18.5 Å². The van der Waals surface area contributed by atoms with Crippen molar-refractivity contribution in [2.45, 2.75) is 26.1 Å². The minimum Gasteiger partial charge on any atom is -0.429 e. The van der Waals surface area contributed by atoms with Gasteiger partial charge in [-0.25, -0.2) is 0 Å². The average Bonchev–Trinajstić information content (AvgIpc) is 3.08. The van der Waals surface area contributed by atoms with Crippen molar-refractivity contribution in [2.75, 3.05) is 19.8 Å². The van der Waals surface area contributed by atoms with E-state index in [9.17, 15) is 4.79 Å². The van der Waals surface area contributed by atoms with Crippen LogP contribution in [0.2, 0.25) is 0 Å². The Morgan fingerprint density at radius 3 is 2.91 bits per heavy atom. The Bertz CT molecular complexity index is 761. The molecule has 2 N–H and O–H groups in total. The number of hydrogen-bond donors (Lipinski definition) is 2. The van der Waals surface area contributed by atoms with E-state index >= 15 is 0 Å². The molecule has 1 amide bonds. The van der Waals surface area contributed by atoms with E-state index < -0.39 is 5.79 Å². The number of carbonyl (C=O) groups is 1. The number of hydrogen-bond acceptors (Lipinski definition) is 5. The molecular formula is C16H20N2O4S. The molecule has 7 heteroatoms. The summed E-state index contributed by atoms with van der Waals surface area (Å²) >= 11 is 4.94. The second kappa shape index (κ2) is 6.43. The number of amides is 1. The maximum atomic E-state index is 12.3. The normalized spacial score (nSPS) is 18.2. The van der Waals surface area contributed by atoms with E-state index in [1.165, 1.54) is 0 Å². The third-order valence-corrected chi connectivity index (χ3v) is 4.10. The van der Waals surface area contributed by atoms with E-state index in [1.54, 1.807) is 18.2 Å². The number of H-pyrrole nitrogens is 1. The molecule has 0 spiro atoms. The van der Waals surface area contributed by atoms with Gasteiger partial charge in [0.1, 0.15) is 0 Å². The number of fused-ring (bicyclic) bond motifs is 1. The molecular weight excluding hydrogens is 316 g/mol. The molecule has 1 atom stereocenters. The molecule has 1 aromatic carbocycles. The number of carbonyl (C=O) groups excluding carboxylic acids is 1. The number of aromatic nitrogens is 1. The fraction of sp³-hybridized carbons (Fsp3) is 0.500. The summed E-state index contributed by atoms with van der Waals surface area (Å²) < 4.78 is 16.5. The highest BCUT2D eigenvalue weighted by molar-refractivity contribution is 7.71. The molecule has 2 aromatic rings. The highest BCUT2D eigenvalue weighted by Gasteiger charge is 2.32. The van der Waals surface area contributed by atoms with Gasteiger partial charge < -0.3 is 24.2 Å². The van der Waals surface area contributed by atoms with Crippen LogP contribution in [0.1, 0.15) is 30.6 Å². The van der Waals surface area contributed by atoms with Gasteiger partial charge in [0.15, 0.2) is 11.4 Å². The Balaban J connectivity index is 1.58. The van der Waals surface area contributed by atoms with Crippen molar-refractivity contribution in [3.05, 3.63) is 28.6 Å². The summed E-state index contributed by atoms with van der Waals surface area (Å²) in [5, 5.41) is 2.93. The molecule has 1 aliphatic heterocycles. The average molecular weight is 336 g/mol. The minimum atomic E-state index is -0.535. The zero-order chi connectivity index (χ0) is 16.4. The van der Waals surface area contributed by atoms with Crippen LogP contribution in [0.5, 0.6) is 0 Å². The molecule has 0 bridgehead atoms. The van der Waals surface area contributed by atoms with Crippen LogP contribution >= 0.6 is 12.2 Å². The fourth-order valence-corrected chi connectivity index (χ4v) is 3.04. The second-order valence-corrected chi connectivity index (χ2v) is 6.45. The molecule has 0 aliphatic carbocycles. The number of rotatable bonds is 5. The van der Waals surface area contributed by atoms with Crippen molar-refractivity contribution in [3.8, 4) is 0 Å². The lowest BCUT2D eigenvalue weighted by molar-refractivity contribution is -0.153. The van der Waals surface area contributed by atoms with Gasteiger partial charge in [-0.3, -0.25) is 4.79 Å². The molecule has 0 saturated carbocycles. The van der Waals surface area contributed by atoms with E-state index in [0.29, 0.717) is 35.7 Å². The molecule has 6 nitrogen and oxygen atoms in total. The monoisotopic (exact) mass is 336 g/mol. The van der Waals surface area contributed by atoms with Crippen molar-refractivity contribution in [1.29, 1.82) is 0 Å². The quantitative estimate of drug-likeness (QED) is 0.821. The summed E-state index contributed by atoms with van der Waals surface area (Å²) in [6, 6.07) is 5.22. The first-order valence-electron chi connectivity index (χ1n) is 7.64. The summed E-state index contributed by atoms with van der Waals surface area (Å²) in [6.07, 6.45) is 0.735. The Morgan fingerprint density at radius 2 is 2.17 bits per heavy atom. The number of benzene rings is 1. The van der Waals surface area contributed by atoms with E-state index in [0.717, 1.165) is 11.9 Å². The lowest BCUT2D eigenvalue weighted by Gasteiger charge is -2.26. The molecule has 1 aromatic heterocycles. The Kier molecular flexibility index (Phi) is 4.52. The fourth-order valence-electron chi connectivity index (χ4n) is 2.84. The summed E-state index contributed by atoms with van der Waals surface area (Å²) in [5.74, 6) is -0.436. The Hall–Kier alpha value is -1.70. The molecule has 1 saturated heterocycles. The van der Waals surface area contributed by atoms with Crippen LogP contribution in [-0.2, 0) is 9.47 Å². The highest BCUT2D eigenvalue weighted by atomic mass is 32.1. The molecule has 1 fully saturated rings. The molecule has 0 unspecified atom stereocenters. The molecule has 124 valence electrons. The highest BCUT2D eigenvalue weighted by Crippen LogP contribution is 2.26. The van der Waals surface area contributed by atoms with Crippen molar-refractivity contribution in [1.82, 2.24) is 10.3 Å². The SMILES string of the molecule is C[C@@H](CNC(=O)c1ccc2[nH]c(=S)oc2c1)CC1(C)OCCO1. The zero-order valence-electron chi connectivity index (χ0n) is 13.2. The first-order valence-corrected chi connectivity index (χ1v) is 8.05. The van der Waals surface area contributed by atoms with E-state index in [1.807, 2.05) is 6.92 Å². The van der Waals surface area contributed by atoms with Crippen LogP contribution in [0.4, 0.5) is 0 Å². The lowest BCUT2D eigenvalue weighted by atomic mass is 10.0. The van der Waals surface area contributed by atoms with E-state index in [-0.39, 0.29) is 11.8 Å². The standard InChI is InChI=1S/C16H20N2O4S/c1-10(8-16(2)20-5-6-21-16)9-17-14(19)11-3-4-12-13(7-11)22-15(23)18-12/h3-4,7,10H,5-6,8-9H2,1-2H3,(H,17,19)(H,18,23)/t10-/m1/s1. The van der Waals surface area contributed by atoms with Crippen LogP contribution in [0.15, 0.2) is 22.6 Å². The first kappa shape index (κ1) is 16.2. The number of aromatic amines is 1. The van der Waals surface area contributed by atoms with Crippen LogP contribution in [0, 0.1) is 10.8 Å². The van der Waals surface area contributed by atoms with Crippen molar-refractivity contribution in [3.63, 3.8) is 0 Å². The third kappa shape index (κ3) is 3.80. The molecule has 23 heavy (non-hydrogen) atoms. The predicted octanol–water partition coefficient (Wildman–Crippen LogP) is 3.01. The van der Waals surface area contributed by atoms with Crippen molar-refractivity contribution < 1.29 is 18.7 Å². The molecule has 0 radical (unpaired) electrons. The van der Waals surface area contributed by atoms with Crippen LogP contribution in [0.3, 0.4) is 0 Å². The van der Waals surface area contributed by atoms with Crippen LogP contribution in [0.25, 0.3) is 11.1 Å². The summed E-state index contributed by atoms with van der Waals surface area (Å²) in [5.41, 5.74) is 1.90. The van der Waals surface area contributed by atoms with Gasteiger partial charge >= 0.3 is 0 Å². The molecule has 3 rings (SSSR count). The van der Waals surface area contributed by atoms with Gasteiger partial charge in [0.05, 0.1) is 18.7 Å². The van der Waals surface area contributed by atoms with Gasteiger partial charge in [-0.2, -0.15) is 0 Å². The zero-order valence-corrected chi connectivity index (χ0v) is 14.0. The summed E-state index contributed by atoms with van der Waals surface area (Å²) in [7, 11) is 0. The smallest absolute Gasteiger partial charge is 0.266 e. The second-order valence-electron chi connectivity index (χ2n) is 6.08. The van der Waals surface area contributed by atoms with Crippen LogP contribution in [-0.4, -0.2) is 36.4 Å². The van der Waals surface area contributed by atoms with Gasteiger partial charge in [0.25, 0.3) is 10.7 Å². The Morgan fingerprint density at radius 1 is 1.43 bits per heavy atom. The van der Waals surface area contributed by atoms with E-state index in [2.05, 4.69) is 17.2 Å². The third-order valence-electron chi connectivity index (χ3n) is 3.91. The van der Waals surface area contributed by atoms with Gasteiger partial charge in [-0.1, -0.05) is 6.92 Å². The summed E-state index contributed by atoms with van der Waals surface area (Å²) in [4.78, 5) is 15.5. The maximum Gasteiger partial charge on any atom is 0.266 e. The topological polar surface area (TPSA) is 76.5 Å². The predicted molar refractivity (Wildman–Crippen MR) is 87.8 cm³/mol. The largest absolute Gasteiger partial charge is 0.429 e. The number of oxazole rings is 1. The van der Waals surface area contributed by atoms with Gasteiger partial charge in [-0.05, 0) is 43.3 Å². The number of ether oxygens (including phenoxy) is 2. The van der Waals surface area contributed by atoms with Crippen molar-refractivity contribution >= 4 is 29.2 Å². The Labute approximate surface area is 139 Å². The number of nitrogens with one attached hydrogen (secondary N) is 2. The molecule has 2 heterocycles.